The summed E-state index contributed by atoms with van der Waals surface area (Å²) in [5.74, 6) is 0.390. The molecule has 0 bridgehead atoms. The van der Waals surface area contributed by atoms with E-state index in [0.717, 1.165) is 19.3 Å². The first kappa shape index (κ1) is 17.5. The highest BCUT2D eigenvalue weighted by Crippen LogP contribution is 2.38. The van der Waals surface area contributed by atoms with E-state index < -0.39 is 5.60 Å². The minimum Gasteiger partial charge on any atom is -0.382 e. The van der Waals surface area contributed by atoms with Crippen molar-refractivity contribution in [3.05, 3.63) is 59.2 Å². The van der Waals surface area contributed by atoms with Crippen molar-refractivity contribution < 1.29 is 9.90 Å². The molecule has 2 aliphatic rings. The van der Waals surface area contributed by atoms with Gasteiger partial charge in [0.25, 0.3) is 0 Å². The Morgan fingerprint density at radius 1 is 1.04 bits per heavy atom. The molecular weight excluding hydrogens is 320 g/mol. The van der Waals surface area contributed by atoms with Gasteiger partial charge in [0.2, 0.25) is 0 Å². The van der Waals surface area contributed by atoms with Gasteiger partial charge in [0.1, 0.15) is 5.60 Å². The van der Waals surface area contributed by atoms with Crippen molar-refractivity contribution in [2.75, 3.05) is 0 Å². The van der Waals surface area contributed by atoms with Crippen LogP contribution in [0.3, 0.4) is 0 Å². The van der Waals surface area contributed by atoms with Gasteiger partial charge in [-0.1, -0.05) is 75.4 Å². The molecule has 2 aromatic carbocycles. The quantitative estimate of drug-likeness (QED) is 0.614. The third-order valence-electron chi connectivity index (χ3n) is 6.41. The fourth-order valence-corrected chi connectivity index (χ4v) is 4.82. The summed E-state index contributed by atoms with van der Waals surface area (Å²) in [5.41, 5.74) is 4.46. The molecule has 26 heavy (non-hydrogen) atoms. The molecule has 2 aliphatic carbocycles. The standard InChI is InChI=1S/C24H28O2/c1-2-24(26,16-17-8-4-3-5-9-17)23(25)19-12-13-22-20(15-19)14-18-10-6-7-11-21(18)22/h6-7,10-13,15,17,26H,2-5,8-9,14,16H2,1H3. The van der Waals surface area contributed by atoms with Crippen LogP contribution in [0.5, 0.6) is 0 Å². The molecule has 0 spiro atoms. The lowest BCUT2D eigenvalue weighted by molar-refractivity contribution is 0.0128. The van der Waals surface area contributed by atoms with Gasteiger partial charge in [-0.25, -0.2) is 0 Å². The number of fused-ring (bicyclic) bond motifs is 3. The predicted molar refractivity (Wildman–Crippen MR) is 105 cm³/mol. The highest BCUT2D eigenvalue weighted by Gasteiger charge is 2.37. The molecule has 0 radical (unpaired) electrons. The summed E-state index contributed by atoms with van der Waals surface area (Å²) in [5, 5.41) is 11.2. The molecule has 136 valence electrons. The summed E-state index contributed by atoms with van der Waals surface area (Å²) >= 11 is 0. The van der Waals surface area contributed by atoms with Crippen LogP contribution in [-0.4, -0.2) is 16.5 Å². The Bertz CT molecular complexity index is 817. The molecule has 1 unspecified atom stereocenters. The average molecular weight is 348 g/mol. The number of carbonyl (C=O) groups excluding carboxylic acids is 1. The highest BCUT2D eigenvalue weighted by molar-refractivity contribution is 6.03. The number of rotatable bonds is 5. The first-order valence-corrected chi connectivity index (χ1v) is 10.1. The highest BCUT2D eigenvalue weighted by atomic mass is 16.3. The molecule has 1 saturated carbocycles. The summed E-state index contributed by atoms with van der Waals surface area (Å²) < 4.78 is 0. The second kappa shape index (κ2) is 7.00. The van der Waals surface area contributed by atoms with E-state index in [1.54, 1.807) is 0 Å². The number of hydrogen-bond acceptors (Lipinski definition) is 2. The van der Waals surface area contributed by atoms with Gasteiger partial charge in [0.15, 0.2) is 5.78 Å². The van der Waals surface area contributed by atoms with Crippen molar-refractivity contribution in [3.8, 4) is 11.1 Å². The molecule has 0 heterocycles. The van der Waals surface area contributed by atoms with Crippen LogP contribution in [-0.2, 0) is 6.42 Å². The molecule has 0 aromatic heterocycles. The van der Waals surface area contributed by atoms with E-state index in [4.69, 9.17) is 0 Å². The van der Waals surface area contributed by atoms with Gasteiger partial charge in [-0.05, 0) is 53.5 Å². The van der Waals surface area contributed by atoms with E-state index in [1.807, 2.05) is 19.1 Å². The van der Waals surface area contributed by atoms with Crippen molar-refractivity contribution in [2.24, 2.45) is 5.92 Å². The summed E-state index contributed by atoms with van der Waals surface area (Å²) in [6.45, 7) is 1.93. The van der Waals surface area contributed by atoms with Crippen LogP contribution >= 0.6 is 0 Å². The normalized spacial score (nSPS) is 18.8. The molecule has 0 aliphatic heterocycles. The largest absolute Gasteiger partial charge is 0.382 e. The molecule has 2 nitrogen and oxygen atoms in total. The molecule has 4 rings (SSSR count). The lowest BCUT2D eigenvalue weighted by Gasteiger charge is -2.32. The maximum atomic E-state index is 13.2. The minimum absolute atomic E-state index is 0.0932. The molecule has 1 fully saturated rings. The van der Waals surface area contributed by atoms with Crippen LogP contribution < -0.4 is 0 Å². The first-order valence-electron chi connectivity index (χ1n) is 10.1. The number of ketones is 1. The van der Waals surface area contributed by atoms with Crippen LogP contribution in [0.2, 0.25) is 0 Å². The van der Waals surface area contributed by atoms with Gasteiger partial charge < -0.3 is 5.11 Å². The molecule has 1 atom stereocenters. The van der Waals surface area contributed by atoms with Gasteiger partial charge in [0.05, 0.1) is 0 Å². The maximum absolute atomic E-state index is 13.2. The van der Waals surface area contributed by atoms with Crippen LogP contribution in [0.1, 0.15) is 73.4 Å². The Balaban J connectivity index is 1.58. The number of Topliss-reactive ketones (excluding diaryl/α,β-unsaturated/α-hetero) is 1. The van der Waals surface area contributed by atoms with Crippen molar-refractivity contribution in [1.82, 2.24) is 0 Å². The van der Waals surface area contributed by atoms with Crippen molar-refractivity contribution in [1.29, 1.82) is 0 Å². The Morgan fingerprint density at radius 2 is 1.77 bits per heavy atom. The summed E-state index contributed by atoms with van der Waals surface area (Å²) in [4.78, 5) is 13.2. The van der Waals surface area contributed by atoms with E-state index in [2.05, 4.69) is 30.3 Å². The van der Waals surface area contributed by atoms with E-state index in [-0.39, 0.29) is 5.78 Å². The zero-order valence-corrected chi connectivity index (χ0v) is 15.6. The molecule has 0 amide bonds. The van der Waals surface area contributed by atoms with Gasteiger partial charge in [-0.2, -0.15) is 0 Å². The van der Waals surface area contributed by atoms with Crippen LogP contribution in [0.4, 0.5) is 0 Å². The van der Waals surface area contributed by atoms with E-state index in [9.17, 15) is 9.90 Å². The average Bonchev–Trinajstić information content (AvgIpc) is 3.05. The second-order valence-electron chi connectivity index (χ2n) is 8.13. The lowest BCUT2D eigenvalue weighted by Crippen LogP contribution is -2.40. The number of hydrogen-bond donors (Lipinski definition) is 1. The molecule has 2 heteroatoms. The molecular formula is C24H28O2. The predicted octanol–water partition coefficient (Wildman–Crippen LogP) is 5.55. The SMILES string of the molecule is CCC(O)(CC1CCCCC1)C(=O)c1ccc2c(c1)Cc1ccccc1-2. The Labute approximate surface area is 156 Å². The van der Waals surface area contributed by atoms with E-state index in [1.165, 1.54) is 41.5 Å². The number of carbonyl (C=O) groups is 1. The van der Waals surface area contributed by atoms with Gasteiger partial charge in [0, 0.05) is 5.56 Å². The zero-order valence-electron chi connectivity index (χ0n) is 15.6. The summed E-state index contributed by atoms with van der Waals surface area (Å²) in [7, 11) is 0. The third kappa shape index (κ3) is 3.12. The fourth-order valence-electron chi connectivity index (χ4n) is 4.82. The van der Waals surface area contributed by atoms with Crippen LogP contribution in [0, 0.1) is 5.92 Å². The minimum atomic E-state index is -1.22. The Kier molecular flexibility index (Phi) is 4.71. The van der Waals surface area contributed by atoms with Gasteiger partial charge in [-0.15, -0.1) is 0 Å². The first-order chi connectivity index (χ1) is 12.6. The van der Waals surface area contributed by atoms with Crippen molar-refractivity contribution in [2.45, 2.75) is 63.9 Å². The molecule has 1 N–H and O–H groups in total. The van der Waals surface area contributed by atoms with Gasteiger partial charge in [-0.3, -0.25) is 4.79 Å². The zero-order chi connectivity index (χ0) is 18.1. The summed E-state index contributed by atoms with van der Waals surface area (Å²) in [6.07, 6.45) is 8.02. The van der Waals surface area contributed by atoms with Gasteiger partial charge >= 0.3 is 0 Å². The fraction of sp³-hybridized carbons (Fsp3) is 0.458. The number of aliphatic hydroxyl groups is 1. The molecule has 0 saturated heterocycles. The van der Waals surface area contributed by atoms with Crippen molar-refractivity contribution in [3.63, 3.8) is 0 Å². The van der Waals surface area contributed by atoms with Crippen molar-refractivity contribution >= 4 is 5.78 Å². The molecule has 2 aromatic rings. The Morgan fingerprint density at radius 3 is 2.54 bits per heavy atom. The monoisotopic (exact) mass is 348 g/mol. The third-order valence-corrected chi connectivity index (χ3v) is 6.41. The maximum Gasteiger partial charge on any atom is 0.194 e. The van der Waals surface area contributed by atoms with Crippen LogP contribution in [0.15, 0.2) is 42.5 Å². The Hall–Kier alpha value is -1.93. The topological polar surface area (TPSA) is 37.3 Å². The lowest BCUT2D eigenvalue weighted by atomic mass is 9.76. The van der Waals surface area contributed by atoms with E-state index in [0.29, 0.717) is 24.3 Å². The number of benzene rings is 2. The smallest absolute Gasteiger partial charge is 0.194 e. The second-order valence-corrected chi connectivity index (χ2v) is 8.13. The van der Waals surface area contributed by atoms with Crippen LogP contribution in [0.25, 0.3) is 11.1 Å². The summed E-state index contributed by atoms with van der Waals surface area (Å²) in [6, 6.07) is 14.4. The van der Waals surface area contributed by atoms with E-state index >= 15 is 0 Å².